The summed E-state index contributed by atoms with van der Waals surface area (Å²) in [4.78, 5) is 37.9. The van der Waals surface area contributed by atoms with Crippen molar-refractivity contribution >= 4 is 47.3 Å². The molecule has 1 heterocycles. The first-order valence-electron chi connectivity index (χ1n) is 9.58. The van der Waals surface area contributed by atoms with Crippen LogP contribution in [-0.2, 0) is 27.2 Å². The molecule has 1 aliphatic rings. The van der Waals surface area contributed by atoms with Crippen LogP contribution in [0.2, 0.25) is 0 Å². The van der Waals surface area contributed by atoms with Crippen molar-refractivity contribution in [3.05, 3.63) is 71.8 Å². The number of carboxylic acids is 1. The Balaban J connectivity index is 0.00000320. The van der Waals surface area contributed by atoms with Crippen LogP contribution in [0.25, 0.3) is 0 Å². The van der Waals surface area contributed by atoms with E-state index in [2.05, 4.69) is 10.6 Å². The molecule has 0 saturated carbocycles. The van der Waals surface area contributed by atoms with Crippen LogP contribution in [0.1, 0.15) is 11.1 Å². The summed E-state index contributed by atoms with van der Waals surface area (Å²) < 4.78 is 0. The van der Waals surface area contributed by atoms with E-state index in [9.17, 15) is 14.4 Å². The molecule has 2 amide bonds. The van der Waals surface area contributed by atoms with E-state index in [-0.39, 0.29) is 35.5 Å². The molecule has 4 atom stereocenters. The van der Waals surface area contributed by atoms with Crippen molar-refractivity contribution in [2.45, 2.75) is 31.0 Å². The molecular weight excluding hydrogens is 393 g/mol. The van der Waals surface area contributed by atoms with Crippen LogP contribution in [0.15, 0.2) is 60.7 Å². The Bertz CT molecular complexity index is 863. The van der Waals surface area contributed by atoms with Gasteiger partial charge < -0.3 is 15.7 Å². The fraction of sp³-hybridized carbons (Fsp3) is 0.318. The van der Waals surface area contributed by atoms with Gasteiger partial charge in [-0.1, -0.05) is 60.7 Å². The van der Waals surface area contributed by atoms with Crippen molar-refractivity contribution < 1.29 is 19.5 Å². The van der Waals surface area contributed by atoms with E-state index in [1.165, 1.54) is 4.90 Å². The van der Waals surface area contributed by atoms with Gasteiger partial charge in [-0.25, -0.2) is 0 Å². The van der Waals surface area contributed by atoms with Gasteiger partial charge in [-0.2, -0.15) is 0 Å². The van der Waals surface area contributed by atoms with Crippen LogP contribution in [0.5, 0.6) is 0 Å². The summed E-state index contributed by atoms with van der Waals surface area (Å²) in [6.07, 6.45) is 1.02. The normalized spacial score (nSPS) is 20.4. The van der Waals surface area contributed by atoms with Crippen molar-refractivity contribution in [2.24, 2.45) is 0 Å². The molecule has 154 valence electrons. The Morgan fingerprint density at radius 3 is 2.07 bits per heavy atom. The molecule has 0 spiro atoms. The average molecular weight is 419 g/mol. The molecule has 2 aromatic carbocycles. The number of carbonyl (C=O) groups is 3. The Hall–Kier alpha value is -2.19. The third-order valence-electron chi connectivity index (χ3n) is 5.08. The second kappa shape index (κ2) is 11.3. The van der Waals surface area contributed by atoms with Crippen LogP contribution < -0.4 is 10.6 Å². The quantitative estimate of drug-likeness (QED) is 0.398. The van der Waals surface area contributed by atoms with Gasteiger partial charge in [-0.05, 0) is 24.6 Å². The van der Waals surface area contributed by atoms with Crippen molar-refractivity contribution in [1.82, 2.24) is 15.5 Å². The van der Waals surface area contributed by atoms with Crippen LogP contribution in [0.4, 0.5) is 0 Å². The van der Waals surface area contributed by atoms with Crippen molar-refractivity contribution in [3.63, 3.8) is 0 Å². The number of hydrogen-bond acceptors (Lipinski definition) is 4. The summed E-state index contributed by atoms with van der Waals surface area (Å²) in [7, 11) is 1.58. The number of rotatable bonds is 9. The monoisotopic (exact) mass is 419 g/mol. The molecule has 1 fully saturated rings. The summed E-state index contributed by atoms with van der Waals surface area (Å²) in [5, 5.41) is 14.8. The topological polar surface area (TPSA) is 98.5 Å². The minimum absolute atomic E-state index is 0. The van der Waals surface area contributed by atoms with Gasteiger partial charge in [0.05, 0.1) is 0 Å². The first-order valence-corrected chi connectivity index (χ1v) is 9.58. The molecule has 3 rings (SSSR count). The number of amides is 2. The van der Waals surface area contributed by atoms with Crippen LogP contribution in [0, 0.1) is 0 Å². The molecular formula is C22H26N3NaO4. The number of carbonyl (C=O) groups excluding carboxylic acids is 2. The van der Waals surface area contributed by atoms with Gasteiger partial charge in [-0.15, -0.1) is 0 Å². The molecule has 3 N–H and O–H groups in total. The molecule has 30 heavy (non-hydrogen) atoms. The number of hydrogen-bond donors (Lipinski definition) is 3. The number of aliphatic carboxylic acids is 1. The third kappa shape index (κ3) is 6.40. The molecule has 0 aromatic heterocycles. The van der Waals surface area contributed by atoms with Gasteiger partial charge in [-0.3, -0.25) is 19.3 Å². The fourth-order valence-corrected chi connectivity index (χ4v) is 3.39. The molecule has 2 aromatic rings. The number of benzene rings is 2. The van der Waals surface area contributed by atoms with Crippen LogP contribution in [0.3, 0.4) is 0 Å². The van der Waals surface area contributed by atoms with Crippen LogP contribution in [-0.4, -0.2) is 89.1 Å². The molecule has 8 heteroatoms. The predicted octanol–water partition coefficient (Wildman–Crippen LogP) is 0.192. The van der Waals surface area contributed by atoms with Crippen molar-refractivity contribution in [3.8, 4) is 0 Å². The predicted molar refractivity (Wildman–Crippen MR) is 115 cm³/mol. The summed E-state index contributed by atoms with van der Waals surface area (Å²) >= 11 is 0. The maximum atomic E-state index is 12.8. The molecule has 0 bridgehead atoms. The number of nitrogens with one attached hydrogen (secondary N) is 2. The van der Waals surface area contributed by atoms with Gasteiger partial charge in [0, 0.05) is 13.0 Å². The first kappa shape index (κ1) is 24.1. The third-order valence-corrected chi connectivity index (χ3v) is 5.08. The molecule has 1 saturated heterocycles. The molecule has 0 radical (unpaired) electrons. The van der Waals surface area contributed by atoms with E-state index in [1.54, 1.807) is 7.05 Å². The number of likely N-dealkylation sites (N-methyl/N-ethyl adjacent to an activating group) is 1. The minimum atomic E-state index is -1.04. The molecule has 7 nitrogen and oxygen atoms in total. The SMILES string of the molecule is CN1[C@H](C(=O)O)[C@H]1C(=O)N[C@@H](Cc1ccccc1)C(=O)NCCc1ccccc1.[NaH]. The summed E-state index contributed by atoms with van der Waals surface area (Å²) in [6.45, 7) is 0.449. The van der Waals surface area contributed by atoms with Gasteiger partial charge in [0.15, 0.2) is 0 Å². The van der Waals surface area contributed by atoms with Gasteiger partial charge in [0.25, 0.3) is 0 Å². The van der Waals surface area contributed by atoms with E-state index < -0.39 is 30.0 Å². The Morgan fingerprint density at radius 1 is 0.967 bits per heavy atom. The standard InChI is InChI=1S/C22H25N3O4.Na.H/c1-25-18(19(25)22(28)29)21(27)24-17(14-16-10-6-3-7-11-16)20(26)23-13-12-15-8-4-2-5-9-15;;/h2-11,17-19H,12-14H2,1H3,(H,23,26)(H,24,27)(H,28,29);;/t17-,18-,19-,25?;;/m0../s1. The fourth-order valence-electron chi connectivity index (χ4n) is 3.39. The van der Waals surface area contributed by atoms with E-state index in [0.29, 0.717) is 19.4 Å². The van der Waals surface area contributed by atoms with E-state index in [4.69, 9.17) is 5.11 Å². The first-order chi connectivity index (χ1) is 14.0. The Morgan fingerprint density at radius 2 is 1.53 bits per heavy atom. The van der Waals surface area contributed by atoms with Gasteiger partial charge >= 0.3 is 35.5 Å². The Labute approximate surface area is 198 Å². The molecule has 1 aliphatic heterocycles. The summed E-state index contributed by atoms with van der Waals surface area (Å²) in [5.41, 5.74) is 2.02. The summed E-state index contributed by atoms with van der Waals surface area (Å²) in [6, 6.07) is 16.9. The second-order valence-electron chi connectivity index (χ2n) is 7.17. The zero-order chi connectivity index (χ0) is 20.8. The van der Waals surface area contributed by atoms with Gasteiger partial charge in [0.1, 0.15) is 18.1 Å². The van der Waals surface area contributed by atoms with Crippen LogP contribution >= 0.6 is 0 Å². The van der Waals surface area contributed by atoms with Crippen molar-refractivity contribution in [1.29, 1.82) is 0 Å². The summed E-state index contributed by atoms with van der Waals surface area (Å²) in [5.74, 6) is -1.77. The Kier molecular flexibility index (Phi) is 9.05. The maximum absolute atomic E-state index is 12.8. The second-order valence-corrected chi connectivity index (χ2v) is 7.17. The molecule has 0 aliphatic carbocycles. The number of carboxylic acid groups (broad SMARTS) is 1. The zero-order valence-corrected chi connectivity index (χ0v) is 16.2. The van der Waals surface area contributed by atoms with E-state index in [0.717, 1.165) is 11.1 Å². The van der Waals surface area contributed by atoms with E-state index in [1.807, 2.05) is 60.7 Å². The number of nitrogens with zero attached hydrogens (tertiary/aromatic N) is 1. The average Bonchev–Trinajstić information content (AvgIpc) is 3.40. The molecule has 1 unspecified atom stereocenters. The zero-order valence-electron chi connectivity index (χ0n) is 16.2. The van der Waals surface area contributed by atoms with Gasteiger partial charge in [0.2, 0.25) is 11.8 Å². The van der Waals surface area contributed by atoms with E-state index >= 15 is 0 Å². The van der Waals surface area contributed by atoms with Crippen molar-refractivity contribution in [2.75, 3.05) is 13.6 Å².